The van der Waals surface area contributed by atoms with Crippen LogP contribution in [0.5, 0.6) is 0 Å². The van der Waals surface area contributed by atoms with E-state index in [4.69, 9.17) is 4.74 Å². The van der Waals surface area contributed by atoms with E-state index in [0.29, 0.717) is 12.8 Å². The zero-order valence-electron chi connectivity index (χ0n) is 9.75. The summed E-state index contributed by atoms with van der Waals surface area (Å²) in [4.78, 5) is 35.0. The second kappa shape index (κ2) is 4.35. The van der Waals surface area contributed by atoms with Crippen LogP contribution in [0.2, 0.25) is 0 Å². The number of rotatable bonds is 2. The maximum atomic E-state index is 11.9. The van der Waals surface area contributed by atoms with Crippen molar-refractivity contribution < 1.29 is 19.1 Å². The normalized spacial score (nSPS) is 32.2. The largest absolute Gasteiger partial charge is 0.466 e. The van der Waals surface area contributed by atoms with Crippen LogP contribution in [0.3, 0.4) is 0 Å². The summed E-state index contributed by atoms with van der Waals surface area (Å²) in [5.74, 6) is -1.37. The van der Waals surface area contributed by atoms with Gasteiger partial charge in [0.2, 0.25) is 0 Å². The molecule has 3 amide bonds. The first-order valence-corrected chi connectivity index (χ1v) is 5.90. The molecule has 1 spiro atoms. The average Bonchev–Trinajstić information content (AvgIpc) is 2.55. The summed E-state index contributed by atoms with van der Waals surface area (Å²) in [6.07, 6.45) is 2.76. The number of ether oxygens (including phenoxy) is 1. The molecule has 2 unspecified atom stereocenters. The molecular weight excluding hydrogens is 224 g/mol. The molecule has 0 aromatic heterocycles. The SMILES string of the molecule is CCOC(=O)C1CCCCC12NC(=O)NC2=O. The smallest absolute Gasteiger partial charge is 0.322 e. The lowest BCUT2D eigenvalue weighted by atomic mass is 9.72. The van der Waals surface area contributed by atoms with E-state index in [-0.39, 0.29) is 6.61 Å². The molecule has 1 saturated carbocycles. The molecule has 1 aliphatic carbocycles. The van der Waals surface area contributed by atoms with Gasteiger partial charge in [-0.2, -0.15) is 0 Å². The van der Waals surface area contributed by atoms with E-state index in [1.54, 1.807) is 6.92 Å². The number of esters is 1. The third-order valence-corrected chi connectivity index (χ3v) is 3.45. The second-order valence-corrected chi connectivity index (χ2v) is 4.43. The quantitative estimate of drug-likeness (QED) is 0.537. The van der Waals surface area contributed by atoms with Gasteiger partial charge in [0.15, 0.2) is 0 Å². The molecule has 2 aliphatic rings. The number of hydrogen-bond acceptors (Lipinski definition) is 4. The molecule has 94 valence electrons. The topological polar surface area (TPSA) is 84.5 Å². The van der Waals surface area contributed by atoms with Gasteiger partial charge >= 0.3 is 12.0 Å². The third-order valence-electron chi connectivity index (χ3n) is 3.45. The first kappa shape index (κ1) is 11.9. The van der Waals surface area contributed by atoms with Crippen molar-refractivity contribution in [2.75, 3.05) is 6.61 Å². The Morgan fingerprint density at radius 1 is 1.47 bits per heavy atom. The lowest BCUT2D eigenvalue weighted by Crippen LogP contribution is -2.57. The minimum Gasteiger partial charge on any atom is -0.466 e. The molecule has 6 heteroatoms. The van der Waals surface area contributed by atoms with Crippen molar-refractivity contribution in [1.29, 1.82) is 0 Å². The summed E-state index contributed by atoms with van der Waals surface area (Å²) < 4.78 is 4.98. The van der Waals surface area contributed by atoms with E-state index in [2.05, 4.69) is 10.6 Å². The molecule has 0 bridgehead atoms. The highest BCUT2D eigenvalue weighted by atomic mass is 16.5. The van der Waals surface area contributed by atoms with Gasteiger partial charge in [-0.25, -0.2) is 4.79 Å². The van der Waals surface area contributed by atoms with Crippen molar-refractivity contribution in [2.24, 2.45) is 5.92 Å². The number of nitrogens with one attached hydrogen (secondary N) is 2. The first-order valence-electron chi connectivity index (χ1n) is 5.90. The van der Waals surface area contributed by atoms with Crippen molar-refractivity contribution in [1.82, 2.24) is 10.6 Å². The molecular formula is C11H16N2O4. The Bertz CT molecular complexity index is 368. The lowest BCUT2D eigenvalue weighted by molar-refractivity contribution is -0.155. The minimum absolute atomic E-state index is 0.279. The standard InChI is InChI=1S/C11H16N2O4/c1-2-17-8(14)7-5-3-4-6-11(7)9(15)12-10(16)13-11/h7H,2-6H2,1H3,(H2,12,13,15,16). The van der Waals surface area contributed by atoms with Gasteiger partial charge in [0.25, 0.3) is 5.91 Å². The van der Waals surface area contributed by atoms with Gasteiger partial charge in [-0.15, -0.1) is 0 Å². The Morgan fingerprint density at radius 3 is 2.82 bits per heavy atom. The highest BCUT2D eigenvalue weighted by Crippen LogP contribution is 2.36. The van der Waals surface area contributed by atoms with Gasteiger partial charge in [0, 0.05) is 0 Å². The van der Waals surface area contributed by atoms with Crippen LogP contribution in [0.15, 0.2) is 0 Å². The van der Waals surface area contributed by atoms with Gasteiger partial charge in [-0.1, -0.05) is 12.8 Å². The Balaban J connectivity index is 2.25. The maximum Gasteiger partial charge on any atom is 0.322 e. The van der Waals surface area contributed by atoms with Gasteiger partial charge in [-0.05, 0) is 19.8 Å². The fourth-order valence-electron chi connectivity index (χ4n) is 2.66. The van der Waals surface area contributed by atoms with Crippen molar-refractivity contribution in [3.63, 3.8) is 0 Å². The average molecular weight is 240 g/mol. The summed E-state index contributed by atoms with van der Waals surface area (Å²) in [6, 6.07) is -0.522. The van der Waals surface area contributed by atoms with Crippen LogP contribution in [0, 0.1) is 5.92 Å². The molecule has 0 radical (unpaired) electrons. The zero-order valence-corrected chi connectivity index (χ0v) is 9.75. The van der Waals surface area contributed by atoms with Gasteiger partial charge < -0.3 is 10.1 Å². The number of carbonyl (C=O) groups is 3. The molecule has 2 N–H and O–H groups in total. The van der Waals surface area contributed by atoms with Gasteiger partial charge in [0.1, 0.15) is 5.54 Å². The lowest BCUT2D eigenvalue weighted by Gasteiger charge is -2.36. The highest BCUT2D eigenvalue weighted by molar-refractivity contribution is 6.09. The van der Waals surface area contributed by atoms with Crippen LogP contribution in [0.4, 0.5) is 4.79 Å². The van der Waals surface area contributed by atoms with Gasteiger partial charge in [-0.3, -0.25) is 14.9 Å². The Labute approximate surface area is 99.1 Å². The summed E-state index contributed by atoms with van der Waals surface area (Å²) >= 11 is 0. The maximum absolute atomic E-state index is 11.9. The zero-order chi connectivity index (χ0) is 12.5. The second-order valence-electron chi connectivity index (χ2n) is 4.43. The number of hydrogen-bond donors (Lipinski definition) is 2. The van der Waals surface area contributed by atoms with E-state index in [1.807, 2.05) is 0 Å². The van der Waals surface area contributed by atoms with Crippen LogP contribution in [-0.2, 0) is 14.3 Å². The van der Waals surface area contributed by atoms with Crippen LogP contribution in [-0.4, -0.2) is 30.1 Å². The fraction of sp³-hybridized carbons (Fsp3) is 0.727. The van der Waals surface area contributed by atoms with Crippen LogP contribution >= 0.6 is 0 Å². The third kappa shape index (κ3) is 1.87. The summed E-state index contributed by atoms with van der Waals surface area (Å²) in [6.45, 7) is 2.00. The van der Waals surface area contributed by atoms with Crippen molar-refractivity contribution >= 4 is 17.9 Å². The van der Waals surface area contributed by atoms with Gasteiger partial charge in [0.05, 0.1) is 12.5 Å². The summed E-state index contributed by atoms with van der Waals surface area (Å²) in [5.41, 5.74) is -1.08. The van der Waals surface area contributed by atoms with Crippen molar-refractivity contribution in [3.05, 3.63) is 0 Å². The number of urea groups is 1. The molecule has 6 nitrogen and oxygen atoms in total. The fourth-order valence-corrected chi connectivity index (χ4v) is 2.66. The Morgan fingerprint density at radius 2 is 2.24 bits per heavy atom. The van der Waals surface area contributed by atoms with Crippen LogP contribution in [0.25, 0.3) is 0 Å². The van der Waals surface area contributed by atoms with E-state index in [9.17, 15) is 14.4 Å². The van der Waals surface area contributed by atoms with Crippen molar-refractivity contribution in [3.8, 4) is 0 Å². The molecule has 1 saturated heterocycles. The molecule has 0 aromatic rings. The predicted octanol–water partition coefficient (Wildman–Crippen LogP) is 0.318. The highest BCUT2D eigenvalue weighted by Gasteiger charge is 2.55. The number of amides is 3. The Hall–Kier alpha value is -1.59. The van der Waals surface area contributed by atoms with E-state index in [1.165, 1.54) is 0 Å². The first-order chi connectivity index (χ1) is 8.10. The molecule has 2 fully saturated rings. The molecule has 1 heterocycles. The van der Waals surface area contributed by atoms with E-state index in [0.717, 1.165) is 12.8 Å². The van der Waals surface area contributed by atoms with E-state index >= 15 is 0 Å². The van der Waals surface area contributed by atoms with E-state index < -0.39 is 29.4 Å². The summed E-state index contributed by atoms with van der Waals surface area (Å²) in [5, 5.41) is 4.82. The minimum atomic E-state index is -1.08. The van der Waals surface area contributed by atoms with Crippen molar-refractivity contribution in [2.45, 2.75) is 38.1 Å². The monoisotopic (exact) mass is 240 g/mol. The molecule has 0 aromatic carbocycles. The van der Waals surface area contributed by atoms with Crippen LogP contribution in [0.1, 0.15) is 32.6 Å². The molecule has 1 aliphatic heterocycles. The molecule has 17 heavy (non-hydrogen) atoms. The number of imide groups is 1. The number of carbonyl (C=O) groups excluding carboxylic acids is 3. The van der Waals surface area contributed by atoms with Crippen LogP contribution < -0.4 is 10.6 Å². The molecule has 2 rings (SSSR count). The molecule has 2 atom stereocenters. The summed E-state index contributed by atoms with van der Waals surface area (Å²) in [7, 11) is 0. The predicted molar refractivity (Wildman–Crippen MR) is 58.0 cm³/mol. The Kier molecular flexibility index (Phi) is 3.04.